The quantitative estimate of drug-likeness (QED) is 0.832. The molecule has 0 aliphatic heterocycles. The molecule has 2 unspecified atom stereocenters. The van der Waals surface area contributed by atoms with Gasteiger partial charge in [-0.3, -0.25) is 0 Å². The average Bonchev–Trinajstić information content (AvgIpc) is 2.89. The van der Waals surface area contributed by atoms with Gasteiger partial charge in [-0.2, -0.15) is 0 Å². The molecule has 1 aliphatic rings. The topological polar surface area (TPSA) is 72.2 Å². The molecule has 1 saturated carbocycles. The number of nitrogens with one attached hydrogen (secondary N) is 1. The lowest BCUT2D eigenvalue weighted by Crippen LogP contribution is -2.28. The maximum Gasteiger partial charge on any atom is 0.240 e. The van der Waals surface area contributed by atoms with Gasteiger partial charge in [-0.1, -0.05) is 31.3 Å². The molecule has 0 amide bonds. The van der Waals surface area contributed by atoms with Crippen molar-refractivity contribution in [3.63, 3.8) is 0 Å². The maximum absolute atomic E-state index is 12.3. The van der Waals surface area contributed by atoms with Gasteiger partial charge in [-0.05, 0) is 42.9 Å². The van der Waals surface area contributed by atoms with E-state index in [0.29, 0.717) is 23.9 Å². The van der Waals surface area contributed by atoms with Gasteiger partial charge in [0.25, 0.3) is 0 Å². The Labute approximate surface area is 127 Å². The Balaban J connectivity index is 2.05. The lowest BCUT2D eigenvalue weighted by Gasteiger charge is -2.12. The van der Waals surface area contributed by atoms with E-state index in [1.807, 2.05) is 0 Å². The van der Waals surface area contributed by atoms with E-state index in [2.05, 4.69) is 23.5 Å². The van der Waals surface area contributed by atoms with Crippen molar-refractivity contribution < 1.29 is 8.42 Å². The SMILES string of the molecule is CC1CCC(CNS(=O)(=O)c2cccc(C#CCN)c2)C1. The third kappa shape index (κ3) is 4.57. The molecule has 3 N–H and O–H groups in total. The van der Waals surface area contributed by atoms with Gasteiger partial charge in [-0.15, -0.1) is 0 Å². The third-order valence-corrected chi connectivity index (χ3v) is 5.27. The van der Waals surface area contributed by atoms with Crippen molar-refractivity contribution in [2.24, 2.45) is 17.6 Å². The minimum Gasteiger partial charge on any atom is -0.320 e. The Morgan fingerprint density at radius 3 is 2.86 bits per heavy atom. The number of hydrogen-bond acceptors (Lipinski definition) is 3. The van der Waals surface area contributed by atoms with Crippen molar-refractivity contribution in [1.82, 2.24) is 4.72 Å². The monoisotopic (exact) mass is 306 g/mol. The number of sulfonamides is 1. The Kier molecular flexibility index (Phi) is 5.40. The van der Waals surface area contributed by atoms with E-state index in [0.717, 1.165) is 12.8 Å². The summed E-state index contributed by atoms with van der Waals surface area (Å²) in [7, 11) is -3.46. The Bertz CT molecular complexity index is 644. The number of rotatable bonds is 4. The van der Waals surface area contributed by atoms with Crippen molar-refractivity contribution in [3.8, 4) is 11.8 Å². The fourth-order valence-electron chi connectivity index (χ4n) is 2.72. The highest BCUT2D eigenvalue weighted by atomic mass is 32.2. The summed E-state index contributed by atoms with van der Waals surface area (Å²) < 4.78 is 27.3. The van der Waals surface area contributed by atoms with Crippen molar-refractivity contribution >= 4 is 10.0 Å². The summed E-state index contributed by atoms with van der Waals surface area (Å²) in [6.07, 6.45) is 3.40. The van der Waals surface area contributed by atoms with Crippen LogP contribution in [0.2, 0.25) is 0 Å². The Morgan fingerprint density at radius 1 is 1.38 bits per heavy atom. The molecular formula is C16H22N2O2S. The highest BCUT2D eigenvalue weighted by Gasteiger charge is 2.23. The van der Waals surface area contributed by atoms with Crippen LogP contribution in [0.15, 0.2) is 29.2 Å². The fraction of sp³-hybridized carbons (Fsp3) is 0.500. The summed E-state index contributed by atoms with van der Waals surface area (Å²) in [5.74, 6) is 6.74. The first-order valence-corrected chi connectivity index (χ1v) is 8.78. The Hall–Kier alpha value is -1.35. The number of nitrogens with two attached hydrogens (primary N) is 1. The molecule has 1 fully saturated rings. The van der Waals surface area contributed by atoms with Crippen LogP contribution in [0.1, 0.15) is 31.7 Å². The van der Waals surface area contributed by atoms with E-state index in [4.69, 9.17) is 5.73 Å². The van der Waals surface area contributed by atoms with Crippen LogP contribution in [0.5, 0.6) is 0 Å². The normalized spacial score (nSPS) is 21.8. The van der Waals surface area contributed by atoms with Crippen molar-refractivity contribution in [2.75, 3.05) is 13.1 Å². The van der Waals surface area contributed by atoms with Crippen LogP contribution < -0.4 is 10.5 Å². The maximum atomic E-state index is 12.3. The third-order valence-electron chi connectivity index (χ3n) is 3.84. The van der Waals surface area contributed by atoms with Gasteiger partial charge in [0.15, 0.2) is 0 Å². The zero-order valence-electron chi connectivity index (χ0n) is 12.3. The molecule has 0 aromatic heterocycles. The molecule has 0 radical (unpaired) electrons. The molecule has 5 heteroatoms. The van der Waals surface area contributed by atoms with E-state index < -0.39 is 10.0 Å². The first-order chi connectivity index (χ1) is 10.0. The second-order valence-electron chi connectivity index (χ2n) is 5.67. The van der Waals surface area contributed by atoms with Crippen LogP contribution in [0.4, 0.5) is 0 Å². The molecule has 0 spiro atoms. The van der Waals surface area contributed by atoms with Gasteiger partial charge < -0.3 is 5.73 Å². The highest BCUT2D eigenvalue weighted by molar-refractivity contribution is 7.89. The van der Waals surface area contributed by atoms with Crippen molar-refractivity contribution in [1.29, 1.82) is 0 Å². The summed E-state index contributed by atoms with van der Waals surface area (Å²) in [5.41, 5.74) is 5.99. The lowest BCUT2D eigenvalue weighted by atomic mass is 10.1. The van der Waals surface area contributed by atoms with Gasteiger partial charge in [-0.25, -0.2) is 13.1 Å². The molecule has 2 rings (SSSR count). The molecule has 1 aromatic rings. The van der Waals surface area contributed by atoms with Crippen LogP contribution in [0, 0.1) is 23.7 Å². The molecule has 2 atom stereocenters. The van der Waals surface area contributed by atoms with Crippen molar-refractivity contribution in [3.05, 3.63) is 29.8 Å². The molecule has 0 bridgehead atoms. The molecule has 0 saturated heterocycles. The minimum absolute atomic E-state index is 0.259. The van der Waals surface area contributed by atoms with Crippen molar-refractivity contribution in [2.45, 2.75) is 31.1 Å². The molecule has 1 aliphatic carbocycles. The van der Waals surface area contributed by atoms with Gasteiger partial charge in [0.05, 0.1) is 11.4 Å². The first-order valence-electron chi connectivity index (χ1n) is 7.30. The standard InChI is InChI=1S/C16H22N2O2S/c1-13-7-8-15(10-13)12-18-21(19,20)16-6-2-4-14(11-16)5-3-9-17/h2,4,6,11,13,15,18H,7-10,12,17H2,1H3. The average molecular weight is 306 g/mol. The molecule has 21 heavy (non-hydrogen) atoms. The number of benzene rings is 1. The minimum atomic E-state index is -3.46. The van der Waals surface area contributed by atoms with Gasteiger partial charge in [0.2, 0.25) is 10.0 Å². The van der Waals surface area contributed by atoms with E-state index in [1.165, 1.54) is 6.42 Å². The lowest BCUT2D eigenvalue weighted by molar-refractivity contribution is 0.498. The second kappa shape index (κ2) is 7.08. The smallest absolute Gasteiger partial charge is 0.240 e. The summed E-state index contributed by atoms with van der Waals surface area (Å²) in [5, 5.41) is 0. The van der Waals surface area contributed by atoms with E-state index in [9.17, 15) is 8.42 Å². The van der Waals surface area contributed by atoms with E-state index in [-0.39, 0.29) is 11.4 Å². The molecule has 0 heterocycles. The summed E-state index contributed by atoms with van der Waals surface area (Å²) in [6, 6.07) is 6.66. The van der Waals surface area contributed by atoms with Crippen LogP contribution in [0.25, 0.3) is 0 Å². The zero-order valence-corrected chi connectivity index (χ0v) is 13.1. The summed E-state index contributed by atoms with van der Waals surface area (Å²) in [6.45, 7) is 2.99. The largest absolute Gasteiger partial charge is 0.320 e. The van der Waals surface area contributed by atoms with Gasteiger partial charge >= 0.3 is 0 Å². The predicted molar refractivity (Wildman–Crippen MR) is 84.1 cm³/mol. The Morgan fingerprint density at radius 2 is 2.19 bits per heavy atom. The van der Waals surface area contributed by atoms with Crippen LogP contribution >= 0.6 is 0 Å². The van der Waals surface area contributed by atoms with E-state index >= 15 is 0 Å². The molecule has 1 aromatic carbocycles. The number of hydrogen-bond donors (Lipinski definition) is 2. The van der Waals surface area contributed by atoms with Crippen LogP contribution in [-0.2, 0) is 10.0 Å². The van der Waals surface area contributed by atoms with Crippen LogP contribution in [-0.4, -0.2) is 21.5 Å². The molecule has 4 nitrogen and oxygen atoms in total. The second-order valence-corrected chi connectivity index (χ2v) is 7.44. The van der Waals surface area contributed by atoms with Gasteiger partial charge in [0, 0.05) is 12.1 Å². The zero-order chi connectivity index (χ0) is 15.3. The van der Waals surface area contributed by atoms with Crippen LogP contribution in [0.3, 0.4) is 0 Å². The summed E-state index contributed by atoms with van der Waals surface area (Å²) >= 11 is 0. The first kappa shape index (κ1) is 16.0. The van der Waals surface area contributed by atoms with E-state index in [1.54, 1.807) is 24.3 Å². The molecule has 114 valence electrons. The highest BCUT2D eigenvalue weighted by Crippen LogP contribution is 2.29. The summed E-state index contributed by atoms with van der Waals surface area (Å²) in [4.78, 5) is 0.261. The fourth-order valence-corrected chi connectivity index (χ4v) is 3.88. The molecular weight excluding hydrogens is 284 g/mol. The van der Waals surface area contributed by atoms with Gasteiger partial charge in [0.1, 0.15) is 0 Å². The predicted octanol–water partition coefficient (Wildman–Crippen LogP) is 1.71.